The van der Waals surface area contributed by atoms with E-state index in [0.717, 1.165) is 0 Å². The SMILES string of the molecule is O=P(O)(O[C@H]1O[C@H](CCO)[C@@H](O)[C@H](O)[C@@H]1O)O[C@@H]1[C@H](O)[C@H](O[C@@H]2[C@H](O)[C@@H](O)O[C@H](CCO)[C@H]2O)O[C@H](CCO)[C@H]1O. The summed E-state index contributed by atoms with van der Waals surface area (Å²) in [6.07, 6.45) is -27.7. The number of aliphatic hydroxyl groups excluding tert-OH is 11. The predicted octanol–water partition coefficient (Wildman–Crippen LogP) is -6.29. The van der Waals surface area contributed by atoms with E-state index in [0.29, 0.717) is 0 Å². The quantitative estimate of drug-likeness (QED) is 0.0896. The Morgan fingerprint density at radius 1 is 0.537 bits per heavy atom. The number of aliphatic hydroxyl groups is 11. The van der Waals surface area contributed by atoms with Crippen molar-refractivity contribution in [3.05, 3.63) is 0 Å². The maximum absolute atomic E-state index is 12.9. The average Bonchev–Trinajstić information content (AvgIpc) is 2.91. The molecule has 12 N–H and O–H groups in total. The molecular weight excluding hydrogens is 587 g/mol. The summed E-state index contributed by atoms with van der Waals surface area (Å²) >= 11 is 0. The molecule has 0 aliphatic carbocycles. The Balaban J connectivity index is 1.78. The third kappa shape index (κ3) is 8.17. The second-order valence-corrected chi connectivity index (χ2v) is 11.2. The summed E-state index contributed by atoms with van der Waals surface area (Å²) < 4.78 is 43.8. The highest BCUT2D eigenvalue weighted by Crippen LogP contribution is 2.50. The molecule has 3 fully saturated rings. The lowest BCUT2D eigenvalue weighted by Gasteiger charge is -2.46. The van der Waals surface area contributed by atoms with Gasteiger partial charge in [0.2, 0.25) is 0 Å². The van der Waals surface area contributed by atoms with Crippen LogP contribution in [0, 0.1) is 0 Å². The topological polar surface area (TPSA) is 315 Å². The van der Waals surface area contributed by atoms with Crippen LogP contribution in [0.5, 0.6) is 0 Å². The van der Waals surface area contributed by atoms with E-state index in [1.807, 2.05) is 0 Å². The third-order valence-electron chi connectivity index (χ3n) is 7.00. The zero-order valence-corrected chi connectivity index (χ0v) is 22.5. The Hall–Kier alpha value is -0.490. The number of phosphoric ester groups is 1. The third-order valence-corrected chi connectivity index (χ3v) is 7.98. The number of phosphoric acid groups is 1. The van der Waals surface area contributed by atoms with Gasteiger partial charge in [0.25, 0.3) is 0 Å². The van der Waals surface area contributed by atoms with E-state index >= 15 is 0 Å². The van der Waals surface area contributed by atoms with Crippen LogP contribution in [0.15, 0.2) is 0 Å². The molecule has 0 spiro atoms. The molecule has 0 aromatic carbocycles. The summed E-state index contributed by atoms with van der Waals surface area (Å²) in [7, 11) is -5.42. The highest BCUT2D eigenvalue weighted by atomic mass is 31.2. The summed E-state index contributed by atoms with van der Waals surface area (Å²) in [6.45, 7) is -1.58. The molecular formula is C21H39O19P. The number of ether oxygens (including phenoxy) is 4. The minimum absolute atomic E-state index is 0.179. The normalized spacial score (nSPS) is 47.2. The van der Waals surface area contributed by atoms with Gasteiger partial charge in [-0.05, 0) is 19.3 Å². The minimum atomic E-state index is -5.42. The van der Waals surface area contributed by atoms with Crippen molar-refractivity contribution in [1.29, 1.82) is 0 Å². The Morgan fingerprint density at radius 2 is 1.02 bits per heavy atom. The zero-order chi connectivity index (χ0) is 30.6. The van der Waals surface area contributed by atoms with Gasteiger partial charge in [-0.3, -0.25) is 9.05 Å². The Morgan fingerprint density at radius 3 is 1.59 bits per heavy atom. The molecule has 242 valence electrons. The number of hydrogen-bond donors (Lipinski definition) is 12. The van der Waals surface area contributed by atoms with Crippen LogP contribution in [-0.2, 0) is 32.6 Å². The summed E-state index contributed by atoms with van der Waals surface area (Å²) in [5.41, 5.74) is 0. The lowest BCUT2D eigenvalue weighted by atomic mass is 9.95. The first-order valence-corrected chi connectivity index (χ1v) is 14.3. The summed E-state index contributed by atoms with van der Waals surface area (Å²) in [6, 6.07) is 0. The first-order chi connectivity index (χ1) is 19.3. The zero-order valence-electron chi connectivity index (χ0n) is 21.6. The molecule has 0 saturated carbocycles. The molecule has 0 aromatic rings. The van der Waals surface area contributed by atoms with Crippen LogP contribution in [0.1, 0.15) is 19.3 Å². The molecule has 0 aromatic heterocycles. The lowest BCUT2D eigenvalue weighted by Crippen LogP contribution is -2.64. The predicted molar refractivity (Wildman–Crippen MR) is 126 cm³/mol. The van der Waals surface area contributed by atoms with E-state index in [1.54, 1.807) is 0 Å². The monoisotopic (exact) mass is 626 g/mol. The van der Waals surface area contributed by atoms with Crippen LogP contribution in [0.2, 0.25) is 0 Å². The highest BCUT2D eigenvalue weighted by Gasteiger charge is 2.54. The molecule has 19 nitrogen and oxygen atoms in total. The van der Waals surface area contributed by atoms with Gasteiger partial charge in [0.05, 0.1) is 18.3 Å². The largest absolute Gasteiger partial charge is 0.475 e. The molecule has 0 amide bonds. The van der Waals surface area contributed by atoms with Crippen molar-refractivity contribution >= 4 is 7.82 Å². The van der Waals surface area contributed by atoms with E-state index in [1.165, 1.54) is 0 Å². The summed E-state index contributed by atoms with van der Waals surface area (Å²) in [4.78, 5) is 10.4. The van der Waals surface area contributed by atoms with Crippen LogP contribution >= 0.6 is 7.82 Å². The van der Waals surface area contributed by atoms with Gasteiger partial charge in [0.1, 0.15) is 54.9 Å². The van der Waals surface area contributed by atoms with E-state index in [4.69, 9.17) is 33.1 Å². The second kappa shape index (κ2) is 15.0. The van der Waals surface area contributed by atoms with Crippen LogP contribution in [0.3, 0.4) is 0 Å². The van der Waals surface area contributed by atoms with E-state index in [-0.39, 0.29) is 19.3 Å². The molecule has 0 bridgehead atoms. The standard InChI is InChI=1S/C21H39O19P/c22-4-1-7-10(25)13(28)14(29)21(37-7)40-41(33,34)39-18-12(27)9(3-6-24)36-20(16(18)31)38-17-11(26)8(2-5-23)35-19(32)15(17)30/h7-32H,1-6H2,(H,33,34)/t7-,8-,9-,10-,11-,12-,13+,14+,15+,16+,17+,18+,19+,20+,21-/m1/s1. The molecule has 1 unspecified atom stereocenters. The van der Waals surface area contributed by atoms with Gasteiger partial charge in [-0.2, -0.15) is 0 Å². The van der Waals surface area contributed by atoms with E-state index in [9.17, 15) is 60.5 Å². The van der Waals surface area contributed by atoms with Gasteiger partial charge in [-0.15, -0.1) is 0 Å². The minimum Gasteiger partial charge on any atom is -0.396 e. The fraction of sp³-hybridized carbons (Fsp3) is 1.00. The van der Waals surface area contributed by atoms with Crippen LogP contribution < -0.4 is 0 Å². The van der Waals surface area contributed by atoms with Crippen molar-refractivity contribution in [3.8, 4) is 0 Å². The van der Waals surface area contributed by atoms with Gasteiger partial charge in [-0.25, -0.2) is 4.57 Å². The fourth-order valence-electron chi connectivity index (χ4n) is 4.78. The summed E-state index contributed by atoms with van der Waals surface area (Å²) in [5.74, 6) is 0. The van der Waals surface area contributed by atoms with Gasteiger partial charge < -0.3 is 80.0 Å². The fourth-order valence-corrected chi connectivity index (χ4v) is 5.83. The van der Waals surface area contributed by atoms with Crippen LogP contribution in [-0.4, -0.2) is 173 Å². The Kier molecular flexibility index (Phi) is 12.8. The van der Waals surface area contributed by atoms with Crippen molar-refractivity contribution in [2.45, 2.75) is 111 Å². The van der Waals surface area contributed by atoms with Crippen LogP contribution in [0.4, 0.5) is 0 Å². The molecule has 3 saturated heterocycles. The van der Waals surface area contributed by atoms with E-state index < -0.39 is 120 Å². The highest BCUT2D eigenvalue weighted by molar-refractivity contribution is 7.47. The van der Waals surface area contributed by atoms with Crippen molar-refractivity contribution < 1.29 is 93.6 Å². The first-order valence-electron chi connectivity index (χ1n) is 12.8. The Bertz CT molecular complexity index is 854. The molecule has 3 rings (SSSR count). The Labute approximate surface area is 233 Å². The molecule has 0 radical (unpaired) electrons. The smallest absolute Gasteiger partial charge is 0.396 e. The lowest BCUT2D eigenvalue weighted by molar-refractivity contribution is -0.353. The average molecular weight is 626 g/mol. The summed E-state index contributed by atoms with van der Waals surface area (Å²) in [5, 5.41) is 110. The molecule has 20 heteroatoms. The van der Waals surface area contributed by atoms with Crippen molar-refractivity contribution in [2.75, 3.05) is 19.8 Å². The molecule has 3 aliphatic heterocycles. The first kappa shape index (κ1) is 35.0. The number of rotatable bonds is 12. The molecule has 3 heterocycles. The molecule has 41 heavy (non-hydrogen) atoms. The van der Waals surface area contributed by atoms with Gasteiger partial charge in [0.15, 0.2) is 18.9 Å². The van der Waals surface area contributed by atoms with Crippen molar-refractivity contribution in [2.24, 2.45) is 0 Å². The molecule has 3 aliphatic rings. The number of hydrogen-bond acceptors (Lipinski definition) is 18. The second-order valence-electron chi connectivity index (χ2n) is 9.87. The van der Waals surface area contributed by atoms with E-state index in [2.05, 4.69) is 0 Å². The molecule has 16 atom stereocenters. The van der Waals surface area contributed by atoms with Gasteiger partial charge in [0, 0.05) is 19.8 Å². The van der Waals surface area contributed by atoms with Crippen molar-refractivity contribution in [1.82, 2.24) is 0 Å². The maximum Gasteiger partial charge on any atom is 0.475 e. The van der Waals surface area contributed by atoms with Crippen LogP contribution in [0.25, 0.3) is 0 Å². The van der Waals surface area contributed by atoms with Crippen molar-refractivity contribution in [3.63, 3.8) is 0 Å². The van der Waals surface area contributed by atoms with Gasteiger partial charge >= 0.3 is 7.82 Å². The maximum atomic E-state index is 12.9. The van der Waals surface area contributed by atoms with Gasteiger partial charge in [-0.1, -0.05) is 0 Å².